The number of carbonyl (C=O) groups is 1. The van der Waals surface area contributed by atoms with Gasteiger partial charge in [0.2, 0.25) is 10.0 Å². The smallest absolute Gasteiger partial charge is 0.253 e. The molecule has 0 spiro atoms. The van der Waals surface area contributed by atoms with E-state index in [-0.39, 0.29) is 31.3 Å². The Morgan fingerprint density at radius 2 is 2.03 bits per heavy atom. The van der Waals surface area contributed by atoms with Crippen LogP contribution in [0.3, 0.4) is 0 Å². The Morgan fingerprint density at radius 1 is 1.29 bits per heavy atom. The minimum absolute atomic E-state index is 0.120. The third kappa shape index (κ3) is 7.42. The van der Waals surface area contributed by atoms with Gasteiger partial charge < -0.3 is 5.32 Å². The summed E-state index contributed by atoms with van der Waals surface area (Å²) >= 11 is 0. The van der Waals surface area contributed by atoms with Crippen molar-refractivity contribution < 1.29 is 21.6 Å². The van der Waals surface area contributed by atoms with Gasteiger partial charge >= 0.3 is 0 Å². The zero-order valence-corrected chi connectivity index (χ0v) is 18.9. The molecule has 168 valence electrons. The number of hydrogen-bond acceptors (Lipinski definition) is 7. The Balaban J connectivity index is 1.95. The van der Waals surface area contributed by atoms with E-state index in [1.54, 1.807) is 19.2 Å². The monoisotopic (exact) mass is 467 g/mol. The third-order valence-electron chi connectivity index (χ3n) is 4.31. The zero-order valence-electron chi connectivity index (χ0n) is 17.3. The SMILES string of the molecule is C=C/C(=C\C=C\S(=O)(=O)CCN(CC)S(C)(=O)=O)CNC(=O)c1cnc2[nH]ncc2c1. The molecule has 10 nitrogen and oxygen atoms in total. The number of aromatic amines is 1. The number of H-pyrrole nitrogens is 1. The van der Waals surface area contributed by atoms with Crippen LogP contribution in [-0.4, -0.2) is 73.9 Å². The van der Waals surface area contributed by atoms with E-state index >= 15 is 0 Å². The number of allylic oxidation sites excluding steroid dienone is 2. The van der Waals surface area contributed by atoms with Crippen LogP contribution in [0.1, 0.15) is 17.3 Å². The van der Waals surface area contributed by atoms with Crippen molar-refractivity contribution in [1.82, 2.24) is 24.8 Å². The van der Waals surface area contributed by atoms with Crippen LogP contribution in [0.2, 0.25) is 0 Å². The van der Waals surface area contributed by atoms with Gasteiger partial charge in [-0.3, -0.25) is 9.89 Å². The van der Waals surface area contributed by atoms with Crippen LogP contribution < -0.4 is 5.32 Å². The standard InChI is InChI=1S/C19H25N5O5S2/c1-4-15(7-6-9-31(28,29)10-8-24(5-2)30(3,26)27)12-21-19(25)17-11-16-14-22-23-18(16)20-13-17/h4,6-7,9,11,13-14H,1,5,8,10,12H2,2-3H3,(H,21,25)(H,20,22,23)/b9-6+,15-7+. The van der Waals surface area contributed by atoms with Crippen molar-refractivity contribution in [2.75, 3.05) is 31.6 Å². The van der Waals surface area contributed by atoms with Gasteiger partial charge in [-0.2, -0.15) is 5.10 Å². The molecule has 0 bridgehead atoms. The molecule has 2 aromatic rings. The van der Waals surface area contributed by atoms with Gasteiger partial charge in [0.05, 0.1) is 23.8 Å². The molecule has 0 aliphatic heterocycles. The van der Waals surface area contributed by atoms with Gasteiger partial charge in [-0.05, 0) is 11.6 Å². The lowest BCUT2D eigenvalue weighted by atomic mass is 10.2. The minimum atomic E-state index is -3.61. The second-order valence-corrected chi connectivity index (χ2v) is 10.6. The first-order valence-corrected chi connectivity index (χ1v) is 12.9. The summed E-state index contributed by atoms with van der Waals surface area (Å²) in [7, 11) is -7.06. The highest BCUT2D eigenvalue weighted by Gasteiger charge is 2.17. The topological polar surface area (TPSA) is 142 Å². The highest BCUT2D eigenvalue weighted by molar-refractivity contribution is 7.94. The lowest BCUT2D eigenvalue weighted by molar-refractivity contribution is 0.0957. The van der Waals surface area contributed by atoms with Gasteiger partial charge in [-0.1, -0.05) is 31.7 Å². The highest BCUT2D eigenvalue weighted by Crippen LogP contribution is 2.10. The molecule has 12 heteroatoms. The van der Waals surface area contributed by atoms with E-state index in [1.165, 1.54) is 24.4 Å². The number of fused-ring (bicyclic) bond motifs is 1. The fourth-order valence-corrected chi connectivity index (χ4v) is 4.52. The summed E-state index contributed by atoms with van der Waals surface area (Å²) < 4.78 is 48.5. The predicted octanol–water partition coefficient (Wildman–Crippen LogP) is 1.01. The van der Waals surface area contributed by atoms with Crippen molar-refractivity contribution in [3.63, 3.8) is 0 Å². The fraction of sp³-hybridized carbons (Fsp3) is 0.316. The maximum absolute atomic E-state index is 12.3. The third-order valence-corrected chi connectivity index (χ3v) is 7.01. The molecule has 0 saturated carbocycles. The first-order chi connectivity index (χ1) is 14.6. The number of pyridine rings is 1. The van der Waals surface area contributed by atoms with E-state index in [2.05, 4.69) is 27.1 Å². The molecular formula is C19H25N5O5S2. The van der Waals surface area contributed by atoms with Crippen LogP contribution >= 0.6 is 0 Å². The molecule has 2 aromatic heterocycles. The van der Waals surface area contributed by atoms with E-state index in [0.717, 1.165) is 16.0 Å². The lowest BCUT2D eigenvalue weighted by Gasteiger charge is -2.16. The number of nitrogens with one attached hydrogen (secondary N) is 2. The largest absolute Gasteiger partial charge is 0.348 e. The zero-order chi connectivity index (χ0) is 23.1. The quantitative estimate of drug-likeness (QED) is 0.470. The van der Waals surface area contributed by atoms with E-state index in [1.807, 2.05) is 0 Å². The van der Waals surface area contributed by atoms with Crippen LogP contribution in [-0.2, 0) is 19.9 Å². The average Bonchev–Trinajstić information content (AvgIpc) is 3.17. The Bertz CT molecular complexity index is 1210. The Hall–Kier alpha value is -2.83. The molecule has 0 unspecified atom stereocenters. The van der Waals surface area contributed by atoms with Gasteiger partial charge in [-0.15, -0.1) is 0 Å². The number of sulfonamides is 1. The molecule has 0 radical (unpaired) electrons. The van der Waals surface area contributed by atoms with E-state index < -0.39 is 19.9 Å². The van der Waals surface area contributed by atoms with Gasteiger partial charge in [0.1, 0.15) is 0 Å². The summed E-state index contributed by atoms with van der Waals surface area (Å²) in [6, 6.07) is 1.65. The van der Waals surface area contributed by atoms with Gasteiger partial charge in [0, 0.05) is 36.6 Å². The summed E-state index contributed by atoms with van der Waals surface area (Å²) in [6.45, 7) is 5.51. The predicted molar refractivity (Wildman–Crippen MR) is 120 cm³/mol. The van der Waals surface area contributed by atoms with E-state index in [0.29, 0.717) is 22.2 Å². The number of rotatable bonds is 11. The Labute approximate surface area is 181 Å². The molecule has 2 rings (SSSR count). The molecule has 1 amide bonds. The number of hydrogen-bond donors (Lipinski definition) is 2. The number of nitrogens with zero attached hydrogens (tertiary/aromatic N) is 3. The van der Waals surface area contributed by atoms with Crippen molar-refractivity contribution in [2.24, 2.45) is 0 Å². The first kappa shape index (κ1) is 24.4. The summed E-state index contributed by atoms with van der Waals surface area (Å²) in [5.41, 5.74) is 1.53. The molecule has 2 N–H and O–H groups in total. The van der Waals surface area contributed by atoms with E-state index in [9.17, 15) is 21.6 Å². The molecule has 0 atom stereocenters. The summed E-state index contributed by atoms with van der Waals surface area (Å²) in [4.78, 5) is 16.4. The highest BCUT2D eigenvalue weighted by atomic mass is 32.2. The molecule has 2 heterocycles. The molecule has 0 aromatic carbocycles. The molecule has 0 saturated heterocycles. The van der Waals surface area contributed by atoms with Crippen LogP contribution in [0, 0.1) is 0 Å². The van der Waals surface area contributed by atoms with Crippen molar-refractivity contribution in [3.05, 3.63) is 59.8 Å². The number of amides is 1. The fourth-order valence-electron chi connectivity index (χ4n) is 2.58. The van der Waals surface area contributed by atoms with Crippen molar-refractivity contribution in [1.29, 1.82) is 0 Å². The first-order valence-electron chi connectivity index (χ1n) is 9.30. The van der Waals surface area contributed by atoms with Crippen LogP contribution in [0.5, 0.6) is 0 Å². The van der Waals surface area contributed by atoms with Crippen molar-refractivity contribution in [3.8, 4) is 0 Å². The van der Waals surface area contributed by atoms with Crippen molar-refractivity contribution in [2.45, 2.75) is 6.92 Å². The Kier molecular flexibility index (Phi) is 8.25. The molecule has 31 heavy (non-hydrogen) atoms. The number of carbonyl (C=O) groups excluding carboxylic acids is 1. The van der Waals surface area contributed by atoms with E-state index in [4.69, 9.17) is 0 Å². The molecule has 0 aliphatic rings. The van der Waals surface area contributed by atoms with Crippen LogP contribution in [0.4, 0.5) is 0 Å². The number of sulfone groups is 1. The second-order valence-electron chi connectivity index (χ2n) is 6.61. The second kappa shape index (κ2) is 10.5. The molecular weight excluding hydrogens is 442 g/mol. The average molecular weight is 468 g/mol. The van der Waals surface area contributed by atoms with Crippen molar-refractivity contribution >= 4 is 36.8 Å². The maximum atomic E-state index is 12.3. The lowest BCUT2D eigenvalue weighted by Crippen LogP contribution is -2.33. The van der Waals surface area contributed by atoms with Gasteiger partial charge in [0.15, 0.2) is 15.5 Å². The summed E-state index contributed by atoms with van der Waals surface area (Å²) in [6.07, 6.45) is 8.36. The van der Waals surface area contributed by atoms with Gasteiger partial charge in [-0.25, -0.2) is 26.1 Å². The summed E-state index contributed by atoms with van der Waals surface area (Å²) in [5, 5.41) is 11.0. The Morgan fingerprint density at radius 3 is 2.68 bits per heavy atom. The van der Waals surface area contributed by atoms with Gasteiger partial charge in [0.25, 0.3) is 5.91 Å². The molecule has 0 aliphatic carbocycles. The van der Waals surface area contributed by atoms with Crippen LogP contribution in [0.15, 0.2) is 54.2 Å². The molecule has 0 fully saturated rings. The maximum Gasteiger partial charge on any atom is 0.253 e. The van der Waals surface area contributed by atoms with Crippen LogP contribution in [0.25, 0.3) is 11.0 Å². The normalized spacial score (nSPS) is 13.2. The summed E-state index contributed by atoms with van der Waals surface area (Å²) in [5.74, 6) is -0.678. The number of aromatic nitrogens is 3. The minimum Gasteiger partial charge on any atom is -0.348 e.